The first kappa shape index (κ1) is 24.8. The molecule has 0 spiro atoms. The van der Waals surface area contributed by atoms with Crippen LogP contribution in [0, 0.1) is 0 Å². The van der Waals surface area contributed by atoms with Gasteiger partial charge < -0.3 is 14.8 Å². The Morgan fingerprint density at radius 2 is 1.86 bits per heavy atom. The standard InChI is InChI=1S/C24H22F3N3O4S/c25-24(26,27)34-21-7-6-17(12-19(21)29-22(32)15-30-8-10-33-11-9-30)20(31)13-18-14-28-23(35-18)16-4-2-1-3-5-16/h1-7,12,14H,8-11,13,15H2,(H,29,32). The number of Topliss-reactive ketones (excluding diaryl/α,β-unsaturated/α-hetero) is 1. The highest BCUT2D eigenvalue weighted by atomic mass is 32.1. The lowest BCUT2D eigenvalue weighted by atomic mass is 10.1. The number of ketones is 1. The summed E-state index contributed by atoms with van der Waals surface area (Å²) >= 11 is 1.36. The molecule has 2 heterocycles. The third-order valence-electron chi connectivity index (χ3n) is 5.18. The van der Waals surface area contributed by atoms with Crippen molar-refractivity contribution >= 4 is 28.7 Å². The van der Waals surface area contributed by atoms with Gasteiger partial charge in [0.05, 0.1) is 25.4 Å². The van der Waals surface area contributed by atoms with Crippen molar-refractivity contribution in [3.63, 3.8) is 0 Å². The number of amides is 1. The van der Waals surface area contributed by atoms with Crippen LogP contribution < -0.4 is 10.1 Å². The van der Waals surface area contributed by atoms with Crippen LogP contribution in [0.15, 0.2) is 54.7 Å². The number of anilines is 1. The van der Waals surface area contributed by atoms with E-state index in [9.17, 15) is 22.8 Å². The Balaban J connectivity index is 1.49. The molecule has 1 amide bonds. The number of ether oxygens (including phenoxy) is 2. The molecule has 0 unspecified atom stereocenters. The van der Waals surface area contributed by atoms with Crippen molar-refractivity contribution in [2.45, 2.75) is 12.8 Å². The molecule has 1 saturated heterocycles. The molecular formula is C24H22F3N3O4S. The first-order valence-corrected chi connectivity index (χ1v) is 11.6. The quantitative estimate of drug-likeness (QED) is 0.457. The average molecular weight is 506 g/mol. The maximum atomic E-state index is 12.9. The average Bonchev–Trinajstić information content (AvgIpc) is 3.29. The summed E-state index contributed by atoms with van der Waals surface area (Å²) in [5, 5.41) is 3.22. The van der Waals surface area contributed by atoms with Gasteiger partial charge in [-0.05, 0) is 18.2 Å². The van der Waals surface area contributed by atoms with E-state index in [2.05, 4.69) is 15.0 Å². The molecule has 2 aromatic carbocycles. The van der Waals surface area contributed by atoms with Gasteiger partial charge in [-0.2, -0.15) is 0 Å². The van der Waals surface area contributed by atoms with Gasteiger partial charge in [-0.1, -0.05) is 30.3 Å². The monoisotopic (exact) mass is 505 g/mol. The number of carbonyl (C=O) groups is 2. The van der Waals surface area contributed by atoms with Gasteiger partial charge in [-0.15, -0.1) is 24.5 Å². The van der Waals surface area contributed by atoms with Crippen molar-refractivity contribution in [1.82, 2.24) is 9.88 Å². The van der Waals surface area contributed by atoms with Crippen LogP contribution in [0.1, 0.15) is 15.2 Å². The van der Waals surface area contributed by atoms with Crippen LogP contribution in [-0.4, -0.2) is 60.8 Å². The first-order chi connectivity index (χ1) is 16.8. The zero-order valence-corrected chi connectivity index (χ0v) is 19.3. The molecule has 7 nitrogen and oxygen atoms in total. The second kappa shape index (κ2) is 11.0. The van der Waals surface area contributed by atoms with Crippen molar-refractivity contribution in [2.75, 3.05) is 38.2 Å². The Hall–Kier alpha value is -3.28. The van der Waals surface area contributed by atoms with Crippen molar-refractivity contribution in [2.24, 2.45) is 0 Å². The van der Waals surface area contributed by atoms with Crippen molar-refractivity contribution in [3.05, 3.63) is 65.2 Å². The minimum atomic E-state index is -4.95. The van der Waals surface area contributed by atoms with Crippen LogP contribution in [0.4, 0.5) is 18.9 Å². The number of hydrogen-bond donors (Lipinski definition) is 1. The van der Waals surface area contributed by atoms with E-state index in [1.165, 1.54) is 23.5 Å². The predicted octanol–water partition coefficient (Wildman–Crippen LogP) is 4.40. The summed E-state index contributed by atoms with van der Waals surface area (Å²) in [5.41, 5.74) is 0.853. The number of nitrogens with zero attached hydrogens (tertiary/aromatic N) is 2. The number of rotatable bonds is 8. The van der Waals surface area contributed by atoms with E-state index in [-0.39, 0.29) is 30.0 Å². The van der Waals surface area contributed by atoms with Crippen LogP contribution in [-0.2, 0) is 16.0 Å². The molecule has 1 aliphatic heterocycles. The largest absolute Gasteiger partial charge is 0.573 e. The maximum absolute atomic E-state index is 12.9. The van der Waals surface area contributed by atoms with E-state index < -0.39 is 18.0 Å². The number of thiazole rings is 1. The molecule has 0 saturated carbocycles. The van der Waals surface area contributed by atoms with Gasteiger partial charge in [-0.3, -0.25) is 14.5 Å². The van der Waals surface area contributed by atoms with Crippen LogP contribution in [0.25, 0.3) is 10.6 Å². The lowest BCUT2D eigenvalue weighted by Gasteiger charge is -2.26. The molecule has 35 heavy (non-hydrogen) atoms. The highest BCUT2D eigenvalue weighted by Gasteiger charge is 2.32. The topological polar surface area (TPSA) is 80.8 Å². The van der Waals surface area contributed by atoms with Gasteiger partial charge in [0.15, 0.2) is 11.5 Å². The summed E-state index contributed by atoms with van der Waals surface area (Å²) in [7, 11) is 0. The Morgan fingerprint density at radius 3 is 2.57 bits per heavy atom. The van der Waals surface area contributed by atoms with Crippen LogP contribution in [0.2, 0.25) is 0 Å². The van der Waals surface area contributed by atoms with Crippen LogP contribution in [0.3, 0.4) is 0 Å². The van der Waals surface area contributed by atoms with Crippen molar-refractivity contribution < 1.29 is 32.2 Å². The summed E-state index contributed by atoms with van der Waals surface area (Å²) in [5.74, 6) is -1.43. The van der Waals surface area contributed by atoms with Crippen LogP contribution >= 0.6 is 11.3 Å². The normalized spacial score (nSPS) is 14.5. The van der Waals surface area contributed by atoms with Gasteiger partial charge in [0.25, 0.3) is 0 Å². The number of halogens is 3. The summed E-state index contributed by atoms with van der Waals surface area (Å²) in [6.07, 6.45) is -3.33. The minimum Gasteiger partial charge on any atom is -0.404 e. The summed E-state index contributed by atoms with van der Waals surface area (Å²) in [6, 6.07) is 13.0. The Morgan fingerprint density at radius 1 is 1.11 bits per heavy atom. The summed E-state index contributed by atoms with van der Waals surface area (Å²) in [4.78, 5) is 32.3. The molecule has 1 N–H and O–H groups in total. The molecule has 3 aromatic rings. The fourth-order valence-electron chi connectivity index (χ4n) is 3.53. The fraction of sp³-hybridized carbons (Fsp3) is 0.292. The van der Waals surface area contributed by atoms with Gasteiger partial charge in [0, 0.05) is 41.7 Å². The van der Waals surface area contributed by atoms with Gasteiger partial charge in [-0.25, -0.2) is 4.98 Å². The van der Waals surface area contributed by atoms with E-state index >= 15 is 0 Å². The lowest BCUT2D eigenvalue weighted by Crippen LogP contribution is -2.41. The van der Waals surface area contributed by atoms with E-state index in [0.717, 1.165) is 16.6 Å². The smallest absolute Gasteiger partial charge is 0.404 e. The van der Waals surface area contributed by atoms with Gasteiger partial charge >= 0.3 is 6.36 Å². The maximum Gasteiger partial charge on any atom is 0.573 e. The second-order valence-corrected chi connectivity index (χ2v) is 8.91. The van der Waals surface area contributed by atoms with E-state index in [0.29, 0.717) is 31.2 Å². The Kier molecular flexibility index (Phi) is 7.79. The molecule has 184 valence electrons. The molecule has 0 bridgehead atoms. The zero-order chi connectivity index (χ0) is 24.8. The predicted molar refractivity (Wildman–Crippen MR) is 125 cm³/mol. The number of benzene rings is 2. The van der Waals surface area contributed by atoms with Gasteiger partial charge in [0.2, 0.25) is 5.91 Å². The number of carbonyl (C=O) groups excluding carboxylic acids is 2. The SMILES string of the molecule is O=C(CN1CCOCC1)Nc1cc(C(=O)Cc2cnc(-c3ccccc3)s2)ccc1OC(F)(F)F. The number of nitrogens with one attached hydrogen (secondary N) is 1. The van der Waals surface area contributed by atoms with Crippen molar-refractivity contribution in [1.29, 1.82) is 0 Å². The summed E-state index contributed by atoms with van der Waals surface area (Å²) < 4.78 is 48.0. The highest BCUT2D eigenvalue weighted by Crippen LogP contribution is 2.32. The molecule has 0 atom stereocenters. The molecule has 0 radical (unpaired) electrons. The molecular weight excluding hydrogens is 483 g/mol. The highest BCUT2D eigenvalue weighted by molar-refractivity contribution is 7.15. The van der Waals surface area contributed by atoms with Crippen molar-refractivity contribution in [3.8, 4) is 16.3 Å². The van der Waals surface area contributed by atoms with E-state index in [4.69, 9.17) is 4.74 Å². The minimum absolute atomic E-state index is 0.0177. The molecule has 1 fully saturated rings. The van der Waals surface area contributed by atoms with Gasteiger partial charge in [0.1, 0.15) is 5.01 Å². The third-order valence-corrected chi connectivity index (χ3v) is 6.23. The number of alkyl halides is 3. The Bertz CT molecular complexity index is 1180. The fourth-order valence-corrected chi connectivity index (χ4v) is 4.45. The Labute approximate surface area is 203 Å². The molecule has 11 heteroatoms. The molecule has 1 aliphatic rings. The third kappa shape index (κ3) is 7.10. The number of hydrogen-bond acceptors (Lipinski definition) is 7. The second-order valence-electron chi connectivity index (χ2n) is 7.79. The number of aromatic nitrogens is 1. The van der Waals surface area contributed by atoms with E-state index in [1.54, 1.807) is 6.20 Å². The number of morpholine rings is 1. The molecule has 0 aliphatic carbocycles. The molecule has 4 rings (SSSR count). The van der Waals surface area contributed by atoms with Crippen LogP contribution in [0.5, 0.6) is 5.75 Å². The zero-order valence-electron chi connectivity index (χ0n) is 18.5. The molecule has 1 aromatic heterocycles. The first-order valence-electron chi connectivity index (χ1n) is 10.8. The van der Waals surface area contributed by atoms with E-state index in [1.807, 2.05) is 35.2 Å². The lowest BCUT2D eigenvalue weighted by molar-refractivity contribution is -0.274. The summed E-state index contributed by atoms with van der Waals surface area (Å²) in [6.45, 7) is 2.01.